The second-order valence-corrected chi connectivity index (χ2v) is 8.23. The van der Waals surface area contributed by atoms with Crippen LogP contribution in [0, 0.1) is 17.1 Å². The molecule has 1 amide bonds. The lowest BCUT2D eigenvalue weighted by Crippen LogP contribution is -2.54. The fourth-order valence-corrected chi connectivity index (χ4v) is 3.98. The van der Waals surface area contributed by atoms with Crippen molar-refractivity contribution >= 4 is 17.7 Å². The van der Waals surface area contributed by atoms with Gasteiger partial charge < -0.3 is 20.3 Å². The number of hydrogen-bond acceptors (Lipinski definition) is 7. The molecule has 0 saturated carbocycles. The number of hydrogen-bond donors (Lipinski definition) is 2. The number of benzene rings is 2. The summed E-state index contributed by atoms with van der Waals surface area (Å²) in [6.07, 6.45) is 0.128. The quantitative estimate of drug-likeness (QED) is 0.540. The van der Waals surface area contributed by atoms with Crippen LogP contribution < -0.4 is 15.5 Å². The minimum Gasteiger partial charge on any atom is -0.364 e. The summed E-state index contributed by atoms with van der Waals surface area (Å²) in [7, 11) is 1.71. The molecule has 8 nitrogen and oxygen atoms in total. The molecule has 2 heterocycles. The standard InChI is InChI=1S/C26H27FN6O2/c1-3-20-16-35-23(25(34)30-14-17-7-5-4-6-8-17)15-33(20)24-12-22(31-26(29-2)32-24)18-9-10-19(13-28)21(27)11-18/h4-12,20,23H,3,14-16H2,1-2H3,(H,30,34)(H,29,31,32). The third kappa shape index (κ3) is 5.55. The van der Waals surface area contributed by atoms with Crippen LogP contribution in [0.3, 0.4) is 0 Å². The van der Waals surface area contributed by atoms with Crippen molar-refractivity contribution in [2.75, 3.05) is 30.4 Å². The van der Waals surface area contributed by atoms with Crippen molar-refractivity contribution in [3.05, 3.63) is 71.5 Å². The molecule has 1 aromatic heterocycles. The maximum atomic E-state index is 14.3. The zero-order valence-corrected chi connectivity index (χ0v) is 19.7. The third-order valence-corrected chi connectivity index (χ3v) is 5.98. The fraction of sp³-hybridized carbons (Fsp3) is 0.308. The van der Waals surface area contributed by atoms with Gasteiger partial charge in [-0.1, -0.05) is 43.3 Å². The maximum Gasteiger partial charge on any atom is 0.251 e. The number of rotatable bonds is 7. The van der Waals surface area contributed by atoms with E-state index in [-0.39, 0.29) is 17.5 Å². The second-order valence-electron chi connectivity index (χ2n) is 8.23. The van der Waals surface area contributed by atoms with Crippen LogP contribution in [0.15, 0.2) is 54.6 Å². The van der Waals surface area contributed by atoms with Gasteiger partial charge in [-0.3, -0.25) is 4.79 Å². The lowest BCUT2D eigenvalue weighted by molar-refractivity contribution is -0.134. The Labute approximate surface area is 203 Å². The highest BCUT2D eigenvalue weighted by molar-refractivity contribution is 5.82. The van der Waals surface area contributed by atoms with Gasteiger partial charge in [0.05, 0.1) is 30.5 Å². The predicted octanol–water partition coefficient (Wildman–Crippen LogP) is 3.50. The van der Waals surface area contributed by atoms with Crippen LogP contribution >= 0.6 is 0 Å². The molecule has 1 fully saturated rings. The van der Waals surface area contributed by atoms with Gasteiger partial charge in [-0.15, -0.1) is 0 Å². The van der Waals surface area contributed by atoms with Crippen LogP contribution in [0.4, 0.5) is 16.2 Å². The monoisotopic (exact) mass is 474 g/mol. The number of amides is 1. The molecule has 0 radical (unpaired) electrons. The number of nitrogens with one attached hydrogen (secondary N) is 2. The Bertz CT molecular complexity index is 1230. The van der Waals surface area contributed by atoms with Crippen molar-refractivity contribution in [3.8, 4) is 17.3 Å². The molecule has 4 rings (SSSR count). The van der Waals surface area contributed by atoms with E-state index in [0.29, 0.717) is 42.7 Å². The number of nitriles is 1. The minimum absolute atomic E-state index is 0.0123. The summed E-state index contributed by atoms with van der Waals surface area (Å²) in [4.78, 5) is 24.0. The van der Waals surface area contributed by atoms with E-state index in [9.17, 15) is 9.18 Å². The first-order chi connectivity index (χ1) is 17.0. The lowest BCUT2D eigenvalue weighted by atomic mass is 10.1. The van der Waals surface area contributed by atoms with Crippen molar-refractivity contribution in [2.45, 2.75) is 32.0 Å². The number of anilines is 2. The summed E-state index contributed by atoms with van der Waals surface area (Å²) in [5.41, 5.74) is 2.02. The number of ether oxygens (including phenoxy) is 1. The highest BCUT2D eigenvalue weighted by Gasteiger charge is 2.33. The maximum absolute atomic E-state index is 14.3. The molecule has 2 atom stereocenters. The van der Waals surface area contributed by atoms with Crippen LogP contribution in [-0.2, 0) is 16.1 Å². The molecule has 180 valence electrons. The Hall–Kier alpha value is -4.03. The van der Waals surface area contributed by atoms with Crippen molar-refractivity contribution in [3.63, 3.8) is 0 Å². The number of morpholine rings is 1. The zero-order valence-electron chi connectivity index (χ0n) is 19.7. The fourth-order valence-electron chi connectivity index (χ4n) is 3.98. The molecule has 1 aliphatic heterocycles. The van der Waals surface area contributed by atoms with Gasteiger partial charge in [-0.2, -0.15) is 10.2 Å². The Morgan fingerprint density at radius 3 is 2.71 bits per heavy atom. The first-order valence-corrected chi connectivity index (χ1v) is 11.5. The lowest BCUT2D eigenvalue weighted by Gasteiger charge is -2.39. The molecule has 0 spiro atoms. The average molecular weight is 475 g/mol. The minimum atomic E-state index is -0.662. The van der Waals surface area contributed by atoms with Gasteiger partial charge in [0.1, 0.15) is 17.7 Å². The predicted molar refractivity (Wildman–Crippen MR) is 131 cm³/mol. The van der Waals surface area contributed by atoms with Crippen LogP contribution in [0.1, 0.15) is 24.5 Å². The molecule has 2 N–H and O–H groups in total. The topological polar surface area (TPSA) is 103 Å². The summed E-state index contributed by atoms with van der Waals surface area (Å²) in [5.74, 6) is 0.184. The normalized spacial score (nSPS) is 17.5. The first kappa shape index (κ1) is 24.1. The highest BCUT2D eigenvalue weighted by atomic mass is 19.1. The summed E-state index contributed by atoms with van der Waals surface area (Å²) in [6, 6.07) is 17.7. The Balaban J connectivity index is 1.58. The Morgan fingerprint density at radius 1 is 1.23 bits per heavy atom. The van der Waals surface area contributed by atoms with E-state index in [2.05, 4.69) is 20.6 Å². The van der Waals surface area contributed by atoms with E-state index in [1.54, 1.807) is 19.2 Å². The van der Waals surface area contributed by atoms with Gasteiger partial charge in [-0.05, 0) is 24.1 Å². The summed E-state index contributed by atoms with van der Waals surface area (Å²) in [5, 5.41) is 14.9. The van der Waals surface area contributed by atoms with Gasteiger partial charge in [-0.25, -0.2) is 9.37 Å². The van der Waals surface area contributed by atoms with Gasteiger partial charge >= 0.3 is 0 Å². The van der Waals surface area contributed by atoms with Crippen LogP contribution in [0.5, 0.6) is 0 Å². The summed E-state index contributed by atoms with van der Waals surface area (Å²) >= 11 is 0. The first-order valence-electron chi connectivity index (χ1n) is 11.5. The number of aromatic nitrogens is 2. The Kier molecular flexibility index (Phi) is 7.53. The third-order valence-electron chi connectivity index (χ3n) is 5.98. The van der Waals surface area contributed by atoms with Gasteiger partial charge in [0.15, 0.2) is 6.10 Å². The largest absolute Gasteiger partial charge is 0.364 e. The molecule has 9 heteroatoms. The van der Waals surface area contributed by atoms with E-state index in [0.717, 1.165) is 12.0 Å². The average Bonchev–Trinajstić information content (AvgIpc) is 2.91. The highest BCUT2D eigenvalue weighted by Crippen LogP contribution is 2.28. The van der Waals surface area contributed by atoms with Crippen molar-refractivity contribution in [2.24, 2.45) is 0 Å². The molecule has 1 aliphatic rings. The van der Waals surface area contributed by atoms with Gasteiger partial charge in [0.25, 0.3) is 5.91 Å². The summed E-state index contributed by atoms with van der Waals surface area (Å²) in [6.45, 7) is 3.16. The molecule has 2 unspecified atom stereocenters. The molecule has 1 saturated heterocycles. The van der Waals surface area contributed by atoms with E-state index in [1.165, 1.54) is 12.1 Å². The van der Waals surface area contributed by atoms with Gasteiger partial charge in [0.2, 0.25) is 5.95 Å². The summed E-state index contributed by atoms with van der Waals surface area (Å²) < 4.78 is 20.2. The molecule has 0 aliphatic carbocycles. The van der Waals surface area contributed by atoms with E-state index in [1.807, 2.05) is 48.2 Å². The molecule has 35 heavy (non-hydrogen) atoms. The van der Waals surface area contributed by atoms with Crippen LogP contribution in [-0.4, -0.2) is 48.2 Å². The molecule has 0 bridgehead atoms. The number of carbonyl (C=O) groups is 1. The van der Waals surface area contributed by atoms with Crippen molar-refractivity contribution in [1.82, 2.24) is 15.3 Å². The van der Waals surface area contributed by atoms with Crippen molar-refractivity contribution < 1.29 is 13.9 Å². The molecular weight excluding hydrogens is 447 g/mol. The van der Waals surface area contributed by atoms with Crippen LogP contribution in [0.2, 0.25) is 0 Å². The Morgan fingerprint density at radius 2 is 2.03 bits per heavy atom. The number of nitrogens with zero attached hydrogens (tertiary/aromatic N) is 4. The smallest absolute Gasteiger partial charge is 0.251 e. The SMILES string of the molecule is CCC1COC(C(=O)NCc2ccccc2)CN1c1cc(-c2ccc(C#N)c(F)c2)nc(NC)n1. The van der Waals surface area contributed by atoms with Gasteiger partial charge in [0, 0.05) is 25.2 Å². The van der Waals surface area contributed by atoms with Crippen molar-refractivity contribution in [1.29, 1.82) is 5.26 Å². The second kappa shape index (κ2) is 10.9. The number of carbonyl (C=O) groups excluding carboxylic acids is 1. The molecule has 2 aromatic carbocycles. The molecule has 3 aromatic rings. The van der Waals surface area contributed by atoms with E-state index >= 15 is 0 Å². The number of halogens is 1. The molecular formula is C26H27FN6O2. The van der Waals surface area contributed by atoms with E-state index < -0.39 is 11.9 Å². The zero-order chi connectivity index (χ0) is 24.8. The van der Waals surface area contributed by atoms with Crippen LogP contribution in [0.25, 0.3) is 11.3 Å². The van der Waals surface area contributed by atoms with E-state index in [4.69, 9.17) is 10.00 Å².